The molecule has 4 rings (SSSR count). The van der Waals surface area contributed by atoms with Crippen molar-refractivity contribution in [2.24, 2.45) is 0 Å². The molecule has 0 radical (unpaired) electrons. The van der Waals surface area contributed by atoms with Crippen LogP contribution in [0.4, 0.5) is 0 Å². The van der Waals surface area contributed by atoms with Crippen LogP contribution in [0.1, 0.15) is 18.5 Å². The SMILES string of the molecule is O=S(=O)(c1ccccc1)n1c(C[C@H]2CCCN2)cc2ncccc21. The summed E-state index contributed by atoms with van der Waals surface area (Å²) in [5.41, 5.74) is 2.13. The fourth-order valence-corrected chi connectivity index (χ4v) is 4.93. The fraction of sp³-hybridized carbons (Fsp3) is 0.278. The average Bonchev–Trinajstić information content (AvgIpc) is 3.23. The lowest BCUT2D eigenvalue weighted by Gasteiger charge is -2.15. The first kappa shape index (κ1) is 15.4. The van der Waals surface area contributed by atoms with Crippen molar-refractivity contribution >= 4 is 21.1 Å². The predicted molar refractivity (Wildman–Crippen MR) is 93.5 cm³/mol. The number of nitrogens with one attached hydrogen (secondary N) is 1. The van der Waals surface area contributed by atoms with Crippen LogP contribution >= 0.6 is 0 Å². The van der Waals surface area contributed by atoms with Gasteiger partial charge in [0, 0.05) is 24.4 Å². The molecule has 5 nitrogen and oxygen atoms in total. The zero-order chi connectivity index (χ0) is 16.6. The van der Waals surface area contributed by atoms with Gasteiger partial charge in [-0.15, -0.1) is 0 Å². The van der Waals surface area contributed by atoms with Gasteiger partial charge in [0.25, 0.3) is 10.0 Å². The highest BCUT2D eigenvalue weighted by molar-refractivity contribution is 7.90. The van der Waals surface area contributed by atoms with Crippen molar-refractivity contribution in [3.63, 3.8) is 0 Å². The van der Waals surface area contributed by atoms with Gasteiger partial charge < -0.3 is 5.32 Å². The van der Waals surface area contributed by atoms with Gasteiger partial charge in [0.15, 0.2) is 0 Å². The minimum absolute atomic E-state index is 0.298. The molecule has 1 N–H and O–H groups in total. The summed E-state index contributed by atoms with van der Waals surface area (Å²) >= 11 is 0. The van der Waals surface area contributed by atoms with Crippen LogP contribution in [0.3, 0.4) is 0 Å². The molecule has 1 atom stereocenters. The zero-order valence-corrected chi connectivity index (χ0v) is 14.0. The predicted octanol–water partition coefficient (Wildman–Crippen LogP) is 2.57. The zero-order valence-electron chi connectivity index (χ0n) is 13.2. The van der Waals surface area contributed by atoms with Gasteiger partial charge in [-0.3, -0.25) is 4.98 Å². The third kappa shape index (κ3) is 2.61. The molecule has 0 saturated carbocycles. The molecule has 1 aliphatic heterocycles. The van der Waals surface area contributed by atoms with Crippen LogP contribution in [0.5, 0.6) is 0 Å². The molecule has 1 aliphatic rings. The van der Waals surface area contributed by atoms with E-state index in [1.807, 2.05) is 18.2 Å². The van der Waals surface area contributed by atoms with E-state index in [4.69, 9.17) is 0 Å². The summed E-state index contributed by atoms with van der Waals surface area (Å²) in [5, 5.41) is 3.44. The van der Waals surface area contributed by atoms with Crippen molar-refractivity contribution in [3.8, 4) is 0 Å². The Kier molecular flexibility index (Phi) is 3.86. The number of pyridine rings is 1. The van der Waals surface area contributed by atoms with Gasteiger partial charge in [0.05, 0.1) is 15.9 Å². The van der Waals surface area contributed by atoms with E-state index in [9.17, 15) is 8.42 Å². The highest BCUT2D eigenvalue weighted by Crippen LogP contribution is 2.26. The lowest BCUT2D eigenvalue weighted by Crippen LogP contribution is -2.26. The van der Waals surface area contributed by atoms with Crippen molar-refractivity contribution < 1.29 is 8.42 Å². The van der Waals surface area contributed by atoms with Gasteiger partial charge in [-0.1, -0.05) is 18.2 Å². The summed E-state index contributed by atoms with van der Waals surface area (Å²) in [6, 6.07) is 14.4. The fourth-order valence-electron chi connectivity index (χ4n) is 3.37. The molecule has 6 heteroatoms. The quantitative estimate of drug-likeness (QED) is 0.792. The molecule has 3 aromatic rings. The summed E-state index contributed by atoms with van der Waals surface area (Å²) in [5.74, 6) is 0. The topological polar surface area (TPSA) is 64.0 Å². The number of fused-ring (bicyclic) bond motifs is 1. The van der Waals surface area contributed by atoms with Crippen molar-refractivity contribution in [2.75, 3.05) is 6.54 Å². The molecule has 0 unspecified atom stereocenters. The van der Waals surface area contributed by atoms with Crippen LogP contribution in [0.15, 0.2) is 59.6 Å². The maximum atomic E-state index is 13.2. The van der Waals surface area contributed by atoms with Crippen molar-refractivity contribution in [1.29, 1.82) is 0 Å². The maximum absolute atomic E-state index is 13.2. The van der Waals surface area contributed by atoms with Gasteiger partial charge in [-0.25, -0.2) is 12.4 Å². The number of hydrogen-bond donors (Lipinski definition) is 1. The largest absolute Gasteiger partial charge is 0.314 e. The highest BCUT2D eigenvalue weighted by Gasteiger charge is 2.25. The number of rotatable bonds is 4. The Hall–Kier alpha value is -2.18. The molecule has 1 saturated heterocycles. The van der Waals surface area contributed by atoms with Gasteiger partial charge in [0.2, 0.25) is 0 Å². The highest BCUT2D eigenvalue weighted by atomic mass is 32.2. The normalized spacial score (nSPS) is 18.2. The molecule has 1 aromatic carbocycles. The van der Waals surface area contributed by atoms with E-state index in [-0.39, 0.29) is 0 Å². The molecule has 0 amide bonds. The first-order valence-electron chi connectivity index (χ1n) is 8.15. The van der Waals surface area contributed by atoms with E-state index in [2.05, 4.69) is 10.3 Å². The minimum Gasteiger partial charge on any atom is -0.314 e. The van der Waals surface area contributed by atoms with Gasteiger partial charge in [-0.05, 0) is 49.7 Å². The number of benzene rings is 1. The summed E-state index contributed by atoms with van der Waals surface area (Å²) in [6.45, 7) is 0.995. The molecular weight excluding hydrogens is 322 g/mol. The van der Waals surface area contributed by atoms with E-state index in [1.165, 1.54) is 3.97 Å². The lowest BCUT2D eigenvalue weighted by molar-refractivity contribution is 0.573. The molecule has 1 fully saturated rings. The second kappa shape index (κ2) is 6.03. The summed E-state index contributed by atoms with van der Waals surface area (Å²) in [6.07, 6.45) is 4.58. The molecule has 0 aliphatic carbocycles. The second-order valence-electron chi connectivity index (χ2n) is 6.12. The Balaban J connectivity index is 1.89. The van der Waals surface area contributed by atoms with Crippen molar-refractivity contribution in [3.05, 3.63) is 60.4 Å². The van der Waals surface area contributed by atoms with E-state index < -0.39 is 10.0 Å². The van der Waals surface area contributed by atoms with E-state index in [1.54, 1.807) is 36.5 Å². The molecule has 3 heterocycles. The van der Waals surface area contributed by atoms with Gasteiger partial charge in [0.1, 0.15) is 0 Å². The van der Waals surface area contributed by atoms with Crippen molar-refractivity contribution in [2.45, 2.75) is 30.2 Å². The van der Waals surface area contributed by atoms with Crippen LogP contribution in [0, 0.1) is 0 Å². The van der Waals surface area contributed by atoms with Crippen LogP contribution in [0.25, 0.3) is 11.0 Å². The molecule has 2 aromatic heterocycles. The van der Waals surface area contributed by atoms with Crippen LogP contribution in [-0.2, 0) is 16.4 Å². The summed E-state index contributed by atoms with van der Waals surface area (Å²) in [4.78, 5) is 4.64. The van der Waals surface area contributed by atoms with E-state index in [0.717, 1.165) is 25.1 Å². The standard InChI is InChI=1S/C18H19N3O2S/c22-24(23,16-7-2-1-3-8-16)21-15(12-14-6-4-10-19-14)13-17-18(21)9-5-11-20-17/h1-3,5,7-9,11,13-14,19H,4,6,10,12H2/t14-/m1/s1. The van der Waals surface area contributed by atoms with Crippen LogP contribution in [-0.4, -0.2) is 30.0 Å². The number of nitrogens with zero attached hydrogens (tertiary/aromatic N) is 2. The van der Waals surface area contributed by atoms with Crippen molar-refractivity contribution in [1.82, 2.24) is 14.3 Å². The minimum atomic E-state index is -3.65. The van der Waals surface area contributed by atoms with Gasteiger partial charge >= 0.3 is 0 Å². The Labute approximate surface area is 141 Å². The number of hydrogen-bond acceptors (Lipinski definition) is 4. The first-order chi connectivity index (χ1) is 11.7. The third-order valence-corrected chi connectivity index (χ3v) is 6.28. The summed E-state index contributed by atoms with van der Waals surface area (Å²) in [7, 11) is -3.65. The Morgan fingerprint density at radius 2 is 2.00 bits per heavy atom. The monoisotopic (exact) mass is 341 g/mol. The molecule has 0 bridgehead atoms. The summed E-state index contributed by atoms with van der Waals surface area (Å²) < 4.78 is 27.9. The second-order valence-corrected chi connectivity index (χ2v) is 7.91. The lowest BCUT2D eigenvalue weighted by atomic mass is 10.1. The average molecular weight is 341 g/mol. The van der Waals surface area contributed by atoms with Crippen LogP contribution in [0.2, 0.25) is 0 Å². The molecule has 24 heavy (non-hydrogen) atoms. The Morgan fingerprint density at radius 3 is 2.75 bits per heavy atom. The first-order valence-corrected chi connectivity index (χ1v) is 9.59. The Morgan fingerprint density at radius 1 is 1.17 bits per heavy atom. The molecule has 0 spiro atoms. The smallest absolute Gasteiger partial charge is 0.268 e. The molecule has 124 valence electrons. The number of aromatic nitrogens is 2. The van der Waals surface area contributed by atoms with Crippen LogP contribution < -0.4 is 5.32 Å². The maximum Gasteiger partial charge on any atom is 0.268 e. The molecular formula is C18H19N3O2S. The van der Waals surface area contributed by atoms with E-state index in [0.29, 0.717) is 28.4 Å². The third-order valence-electron chi connectivity index (χ3n) is 4.50. The van der Waals surface area contributed by atoms with Gasteiger partial charge in [-0.2, -0.15) is 0 Å². The Bertz CT molecular complexity index is 958. The van der Waals surface area contributed by atoms with E-state index >= 15 is 0 Å².